The average Bonchev–Trinajstić information content (AvgIpc) is 2.87. The third-order valence-electron chi connectivity index (χ3n) is 4.70. The lowest BCUT2D eigenvalue weighted by molar-refractivity contribution is 0.00693. The van der Waals surface area contributed by atoms with Crippen molar-refractivity contribution in [1.82, 2.24) is 9.78 Å². The van der Waals surface area contributed by atoms with Gasteiger partial charge >= 0.3 is 0 Å². The van der Waals surface area contributed by atoms with Crippen LogP contribution in [0.1, 0.15) is 48.9 Å². The molecule has 3 rings (SSSR count). The summed E-state index contributed by atoms with van der Waals surface area (Å²) >= 11 is 0. The van der Waals surface area contributed by atoms with Gasteiger partial charge in [0.05, 0.1) is 5.60 Å². The number of aromatic nitrogens is 2. The predicted octanol–water partition coefficient (Wildman–Crippen LogP) is 3.14. The zero-order chi connectivity index (χ0) is 14.2. The number of nitrogens with zero attached hydrogens (tertiary/aromatic N) is 2. The van der Waals surface area contributed by atoms with Crippen molar-refractivity contribution in [1.29, 1.82) is 0 Å². The number of aryl methyl sites for hydroxylation is 2. The monoisotopic (exact) mass is 270 g/mol. The van der Waals surface area contributed by atoms with E-state index in [2.05, 4.69) is 30.2 Å². The van der Waals surface area contributed by atoms with E-state index in [1.165, 1.54) is 11.3 Å². The van der Waals surface area contributed by atoms with Gasteiger partial charge in [-0.25, -0.2) is 0 Å². The first kappa shape index (κ1) is 13.4. The molecular formula is C17H22N2O. The van der Waals surface area contributed by atoms with Crippen LogP contribution in [0, 0.1) is 0 Å². The number of hydrogen-bond donors (Lipinski definition) is 1. The van der Waals surface area contributed by atoms with Crippen LogP contribution < -0.4 is 0 Å². The normalized spacial score (nSPS) is 25.4. The Bertz CT molecular complexity index is 605. The Morgan fingerprint density at radius 2 is 2.15 bits per heavy atom. The summed E-state index contributed by atoms with van der Waals surface area (Å²) in [6, 6.07) is 10.4. The molecule has 3 nitrogen and oxygen atoms in total. The number of benzene rings is 1. The molecule has 1 aliphatic rings. The van der Waals surface area contributed by atoms with Crippen LogP contribution in [-0.2, 0) is 19.1 Å². The van der Waals surface area contributed by atoms with E-state index in [1.54, 1.807) is 0 Å². The zero-order valence-electron chi connectivity index (χ0n) is 12.2. The molecule has 0 fully saturated rings. The molecule has 0 amide bonds. The van der Waals surface area contributed by atoms with Crippen LogP contribution in [0.15, 0.2) is 36.5 Å². The fraction of sp³-hybridized carbons (Fsp3) is 0.471. The van der Waals surface area contributed by atoms with Crippen molar-refractivity contribution in [3.8, 4) is 0 Å². The molecule has 1 aliphatic carbocycles. The van der Waals surface area contributed by atoms with E-state index in [-0.39, 0.29) is 0 Å². The van der Waals surface area contributed by atoms with Crippen molar-refractivity contribution in [3.05, 3.63) is 53.3 Å². The van der Waals surface area contributed by atoms with Gasteiger partial charge in [0.25, 0.3) is 0 Å². The van der Waals surface area contributed by atoms with Crippen LogP contribution in [0.4, 0.5) is 0 Å². The molecule has 0 saturated heterocycles. The second kappa shape index (κ2) is 5.06. The Balaban J connectivity index is 1.85. The molecule has 0 saturated carbocycles. The van der Waals surface area contributed by atoms with E-state index in [1.807, 2.05) is 30.1 Å². The summed E-state index contributed by atoms with van der Waals surface area (Å²) in [5.74, 6) is 0.545. The van der Waals surface area contributed by atoms with Gasteiger partial charge in [0.1, 0.15) is 0 Å². The van der Waals surface area contributed by atoms with Gasteiger partial charge in [0.15, 0.2) is 0 Å². The van der Waals surface area contributed by atoms with E-state index in [0.29, 0.717) is 5.92 Å². The lowest BCUT2D eigenvalue weighted by atomic mass is 9.72. The Hall–Kier alpha value is -1.61. The third kappa shape index (κ3) is 2.27. The van der Waals surface area contributed by atoms with Gasteiger partial charge in [-0.1, -0.05) is 31.2 Å². The molecule has 0 spiro atoms. The number of hydrogen-bond acceptors (Lipinski definition) is 2. The molecular weight excluding hydrogens is 248 g/mol. The van der Waals surface area contributed by atoms with Crippen LogP contribution in [0.5, 0.6) is 0 Å². The fourth-order valence-electron chi connectivity index (χ4n) is 3.34. The molecule has 0 bridgehead atoms. The number of fused-ring (bicyclic) bond motifs is 1. The van der Waals surface area contributed by atoms with Crippen molar-refractivity contribution in [2.45, 2.75) is 44.1 Å². The first-order valence-electron chi connectivity index (χ1n) is 7.39. The van der Waals surface area contributed by atoms with Crippen molar-refractivity contribution < 1.29 is 5.11 Å². The van der Waals surface area contributed by atoms with Crippen LogP contribution in [0.25, 0.3) is 0 Å². The molecule has 2 atom stereocenters. The molecule has 3 heteroatoms. The summed E-state index contributed by atoms with van der Waals surface area (Å²) in [5, 5.41) is 15.3. The highest BCUT2D eigenvalue weighted by Crippen LogP contribution is 2.43. The standard InChI is InChI=1S/C17H22N2O/c1-13-7-10-17(20,16-6-4-3-5-15(13)16)11-8-14-9-12-18-19(14)2/h3-6,9,12-13,20H,7-8,10-11H2,1-2H3. The Morgan fingerprint density at radius 1 is 1.35 bits per heavy atom. The van der Waals surface area contributed by atoms with Gasteiger partial charge in [0, 0.05) is 18.9 Å². The fourth-order valence-corrected chi connectivity index (χ4v) is 3.34. The zero-order valence-corrected chi connectivity index (χ0v) is 12.2. The Kier molecular flexibility index (Phi) is 3.38. The number of rotatable bonds is 3. The lowest BCUT2D eigenvalue weighted by Gasteiger charge is -2.37. The molecule has 1 N–H and O–H groups in total. The van der Waals surface area contributed by atoms with E-state index in [9.17, 15) is 5.11 Å². The second-order valence-corrected chi connectivity index (χ2v) is 6.00. The van der Waals surface area contributed by atoms with Gasteiger partial charge in [-0.2, -0.15) is 5.10 Å². The summed E-state index contributed by atoms with van der Waals surface area (Å²) in [6.07, 6.45) is 5.34. The summed E-state index contributed by atoms with van der Waals surface area (Å²) < 4.78 is 1.89. The second-order valence-electron chi connectivity index (χ2n) is 6.00. The van der Waals surface area contributed by atoms with E-state index in [0.717, 1.165) is 31.2 Å². The lowest BCUT2D eigenvalue weighted by Crippen LogP contribution is -2.32. The molecule has 20 heavy (non-hydrogen) atoms. The van der Waals surface area contributed by atoms with Crippen LogP contribution >= 0.6 is 0 Å². The molecule has 0 aliphatic heterocycles. The topological polar surface area (TPSA) is 38.1 Å². The quantitative estimate of drug-likeness (QED) is 0.930. The van der Waals surface area contributed by atoms with E-state index < -0.39 is 5.60 Å². The first-order valence-corrected chi connectivity index (χ1v) is 7.39. The van der Waals surface area contributed by atoms with Crippen molar-refractivity contribution >= 4 is 0 Å². The molecule has 0 radical (unpaired) electrons. The SMILES string of the molecule is CC1CCC(O)(CCc2ccnn2C)c2ccccc21. The molecule has 1 heterocycles. The van der Waals surface area contributed by atoms with Gasteiger partial charge in [-0.3, -0.25) is 4.68 Å². The summed E-state index contributed by atoms with van der Waals surface area (Å²) in [6.45, 7) is 2.25. The largest absolute Gasteiger partial charge is 0.385 e. The minimum absolute atomic E-state index is 0.545. The van der Waals surface area contributed by atoms with Gasteiger partial charge in [-0.05, 0) is 48.8 Å². The molecule has 1 aromatic carbocycles. The van der Waals surface area contributed by atoms with Crippen molar-refractivity contribution in [3.63, 3.8) is 0 Å². The van der Waals surface area contributed by atoms with E-state index in [4.69, 9.17) is 0 Å². The minimum atomic E-state index is -0.687. The van der Waals surface area contributed by atoms with Gasteiger partial charge < -0.3 is 5.11 Å². The van der Waals surface area contributed by atoms with Gasteiger partial charge in [-0.15, -0.1) is 0 Å². The maximum absolute atomic E-state index is 11.1. The predicted molar refractivity (Wildman–Crippen MR) is 79.5 cm³/mol. The molecule has 1 aromatic heterocycles. The highest BCUT2D eigenvalue weighted by Gasteiger charge is 2.36. The third-order valence-corrected chi connectivity index (χ3v) is 4.70. The first-order chi connectivity index (χ1) is 9.60. The number of aliphatic hydroxyl groups is 1. The summed E-state index contributed by atoms with van der Waals surface area (Å²) in [7, 11) is 1.95. The van der Waals surface area contributed by atoms with Crippen LogP contribution in [0.2, 0.25) is 0 Å². The summed E-state index contributed by atoms with van der Waals surface area (Å²) in [5.41, 5.74) is 2.93. The van der Waals surface area contributed by atoms with Gasteiger partial charge in [0.2, 0.25) is 0 Å². The smallest absolute Gasteiger partial charge is 0.0903 e. The summed E-state index contributed by atoms with van der Waals surface area (Å²) in [4.78, 5) is 0. The molecule has 2 aromatic rings. The molecule has 106 valence electrons. The van der Waals surface area contributed by atoms with Crippen LogP contribution in [0.3, 0.4) is 0 Å². The Morgan fingerprint density at radius 3 is 2.90 bits per heavy atom. The molecule has 2 unspecified atom stereocenters. The minimum Gasteiger partial charge on any atom is -0.385 e. The highest BCUT2D eigenvalue weighted by molar-refractivity contribution is 5.37. The highest BCUT2D eigenvalue weighted by atomic mass is 16.3. The van der Waals surface area contributed by atoms with Crippen molar-refractivity contribution in [2.24, 2.45) is 7.05 Å². The average molecular weight is 270 g/mol. The van der Waals surface area contributed by atoms with Crippen LogP contribution in [-0.4, -0.2) is 14.9 Å². The maximum Gasteiger partial charge on any atom is 0.0903 e. The van der Waals surface area contributed by atoms with E-state index >= 15 is 0 Å². The van der Waals surface area contributed by atoms with Crippen molar-refractivity contribution in [2.75, 3.05) is 0 Å². The Labute approximate surface area is 120 Å². The maximum atomic E-state index is 11.1.